The average molecular weight is 430 g/mol. The number of rotatable bonds is 6. The van der Waals surface area contributed by atoms with Gasteiger partial charge in [-0.3, -0.25) is 0 Å². The van der Waals surface area contributed by atoms with E-state index in [1.54, 1.807) is 12.1 Å². The lowest BCUT2D eigenvalue weighted by Crippen LogP contribution is -2.05. The van der Waals surface area contributed by atoms with Crippen LogP contribution in [0.2, 0.25) is 0 Å². The van der Waals surface area contributed by atoms with E-state index in [-0.39, 0.29) is 17.7 Å². The molecule has 28 heavy (non-hydrogen) atoms. The van der Waals surface area contributed by atoms with Crippen LogP contribution in [0.4, 0.5) is 13.2 Å². The van der Waals surface area contributed by atoms with Crippen LogP contribution in [0.5, 0.6) is 5.75 Å². The second-order valence-corrected chi connectivity index (χ2v) is 7.10. The van der Waals surface area contributed by atoms with E-state index in [0.29, 0.717) is 17.7 Å². The topological polar surface area (TPSA) is 30.8 Å². The van der Waals surface area contributed by atoms with E-state index < -0.39 is 11.7 Å². The zero-order valence-electron chi connectivity index (χ0n) is 14.6. The molecular weight excluding hydrogens is 414 g/mol. The summed E-state index contributed by atoms with van der Waals surface area (Å²) in [4.78, 5) is 5.32. The van der Waals surface area contributed by atoms with Crippen molar-refractivity contribution in [3.05, 3.63) is 75.3 Å². The zero-order valence-corrected chi connectivity index (χ0v) is 16.1. The quantitative estimate of drug-likeness (QED) is 0.506. The summed E-state index contributed by atoms with van der Waals surface area (Å²) in [5.74, 6) is 0.714. The molecule has 1 aliphatic carbocycles. The molecule has 2 aromatic carbocycles. The molecule has 0 fully saturated rings. The van der Waals surface area contributed by atoms with Crippen LogP contribution in [0.1, 0.15) is 28.7 Å². The number of ether oxygens (including phenoxy) is 1. The van der Waals surface area contributed by atoms with E-state index in [2.05, 4.69) is 5.16 Å². The normalized spacial score (nSPS) is 14.7. The van der Waals surface area contributed by atoms with Gasteiger partial charge in [-0.1, -0.05) is 52.6 Å². The van der Waals surface area contributed by atoms with Gasteiger partial charge in [0.05, 0.1) is 11.3 Å². The Bertz CT molecular complexity index is 907. The molecule has 0 aromatic heterocycles. The fourth-order valence-corrected chi connectivity index (χ4v) is 3.04. The van der Waals surface area contributed by atoms with Crippen LogP contribution >= 0.6 is 23.2 Å². The van der Waals surface area contributed by atoms with Gasteiger partial charge < -0.3 is 9.57 Å². The number of hydrogen-bond acceptors (Lipinski definition) is 3. The minimum atomic E-state index is -4.38. The van der Waals surface area contributed by atoms with E-state index in [9.17, 15) is 13.2 Å². The molecule has 0 spiro atoms. The average Bonchev–Trinajstić information content (AvgIpc) is 3.05. The molecule has 8 heteroatoms. The predicted molar refractivity (Wildman–Crippen MR) is 103 cm³/mol. The first-order valence-electron chi connectivity index (χ1n) is 8.46. The molecule has 0 atom stereocenters. The Balaban J connectivity index is 1.67. The van der Waals surface area contributed by atoms with Crippen LogP contribution < -0.4 is 4.74 Å². The molecule has 0 N–H and O–H groups in total. The maximum Gasteiger partial charge on any atom is 0.416 e. The van der Waals surface area contributed by atoms with Gasteiger partial charge in [-0.15, -0.1) is 0 Å². The summed E-state index contributed by atoms with van der Waals surface area (Å²) in [6, 6.07) is 10.6. The van der Waals surface area contributed by atoms with Gasteiger partial charge in [-0.2, -0.15) is 13.2 Å². The molecule has 0 radical (unpaired) electrons. The maximum absolute atomic E-state index is 12.8. The van der Waals surface area contributed by atoms with Crippen molar-refractivity contribution in [2.45, 2.75) is 25.6 Å². The van der Waals surface area contributed by atoms with Crippen LogP contribution in [0.3, 0.4) is 0 Å². The number of fused-ring (bicyclic) bond motifs is 1. The van der Waals surface area contributed by atoms with Crippen LogP contribution in [-0.2, 0) is 24.0 Å². The molecule has 148 valence electrons. The van der Waals surface area contributed by atoms with Crippen LogP contribution in [-0.4, -0.2) is 12.3 Å². The second-order valence-electron chi connectivity index (χ2n) is 6.10. The minimum absolute atomic E-state index is 0.0437. The minimum Gasteiger partial charge on any atom is -0.489 e. The number of benzene rings is 2. The Hall–Kier alpha value is -2.18. The van der Waals surface area contributed by atoms with Gasteiger partial charge in [0, 0.05) is 11.1 Å². The first kappa shape index (κ1) is 20.6. The van der Waals surface area contributed by atoms with Gasteiger partial charge in [-0.05, 0) is 42.7 Å². The molecule has 2 aromatic rings. The summed E-state index contributed by atoms with van der Waals surface area (Å²) < 4.78 is 44.1. The predicted octanol–water partition coefficient (Wildman–Crippen LogP) is 6.27. The van der Waals surface area contributed by atoms with Crippen LogP contribution in [0.25, 0.3) is 0 Å². The molecule has 3 rings (SSSR count). The lowest BCUT2D eigenvalue weighted by atomic mass is 10.1. The Morgan fingerprint density at radius 2 is 1.89 bits per heavy atom. The number of hydrogen-bond donors (Lipinski definition) is 0. The number of oxime groups is 1. The highest BCUT2D eigenvalue weighted by Gasteiger charge is 2.30. The van der Waals surface area contributed by atoms with Crippen molar-refractivity contribution in [1.29, 1.82) is 0 Å². The molecule has 0 heterocycles. The van der Waals surface area contributed by atoms with Crippen molar-refractivity contribution in [3.63, 3.8) is 0 Å². The van der Waals surface area contributed by atoms with Gasteiger partial charge in [0.25, 0.3) is 0 Å². The van der Waals surface area contributed by atoms with Gasteiger partial charge >= 0.3 is 6.18 Å². The highest BCUT2D eigenvalue weighted by Crippen LogP contribution is 2.32. The second kappa shape index (κ2) is 8.88. The molecule has 0 amide bonds. The molecule has 1 aliphatic rings. The molecule has 0 bridgehead atoms. The molecule has 3 nitrogen and oxygen atoms in total. The third-order valence-electron chi connectivity index (χ3n) is 4.19. The zero-order chi connectivity index (χ0) is 20.1. The van der Waals surface area contributed by atoms with E-state index in [0.717, 1.165) is 35.4 Å². The first-order chi connectivity index (χ1) is 13.3. The van der Waals surface area contributed by atoms with Crippen molar-refractivity contribution in [2.75, 3.05) is 6.61 Å². The van der Waals surface area contributed by atoms with Gasteiger partial charge in [0.15, 0.2) is 0 Å². The van der Waals surface area contributed by atoms with Crippen molar-refractivity contribution in [1.82, 2.24) is 0 Å². The smallest absolute Gasteiger partial charge is 0.416 e. The lowest BCUT2D eigenvalue weighted by molar-refractivity contribution is -0.137. The third-order valence-corrected chi connectivity index (χ3v) is 4.50. The van der Waals surface area contributed by atoms with Gasteiger partial charge in [0.1, 0.15) is 23.5 Å². The highest BCUT2D eigenvalue weighted by atomic mass is 35.5. The fraction of sp³-hybridized carbons (Fsp3) is 0.250. The summed E-state index contributed by atoms with van der Waals surface area (Å²) >= 11 is 11.2. The molecule has 0 saturated carbocycles. The number of nitrogens with zero attached hydrogens (tertiary/aromatic N) is 1. The van der Waals surface area contributed by atoms with E-state index in [1.807, 2.05) is 18.2 Å². The number of alkyl halides is 3. The molecule has 0 unspecified atom stereocenters. The Morgan fingerprint density at radius 3 is 2.64 bits per heavy atom. The van der Waals surface area contributed by atoms with E-state index in [4.69, 9.17) is 32.8 Å². The summed E-state index contributed by atoms with van der Waals surface area (Å²) in [6.07, 6.45) is -1.45. The first-order valence-corrected chi connectivity index (χ1v) is 9.21. The molecule has 0 saturated heterocycles. The van der Waals surface area contributed by atoms with Crippen LogP contribution in [0, 0.1) is 0 Å². The van der Waals surface area contributed by atoms with Crippen LogP contribution in [0.15, 0.2) is 58.2 Å². The van der Waals surface area contributed by atoms with Gasteiger partial charge in [0.2, 0.25) is 0 Å². The lowest BCUT2D eigenvalue weighted by Gasteiger charge is -2.09. The van der Waals surface area contributed by atoms with Crippen molar-refractivity contribution in [3.8, 4) is 5.75 Å². The standard InChI is InChI=1S/C20H16Cl2F3NO2/c21-19(22)9-10-27-18-6-2-5-15-16(18)7-8-17(15)26-28-12-13-3-1-4-14(11-13)20(23,24)25/h1-6,9,11H,7-8,10,12H2/b26-17+. The largest absolute Gasteiger partial charge is 0.489 e. The summed E-state index contributed by atoms with van der Waals surface area (Å²) in [5.41, 5.74) is 2.34. The van der Waals surface area contributed by atoms with Crippen molar-refractivity contribution >= 4 is 28.9 Å². The molecule has 0 aliphatic heterocycles. The third kappa shape index (κ3) is 5.20. The molecular formula is C20H16Cl2F3NO2. The summed E-state index contributed by atoms with van der Waals surface area (Å²) in [5, 5.41) is 4.13. The van der Waals surface area contributed by atoms with Crippen molar-refractivity contribution < 1.29 is 22.7 Å². The maximum atomic E-state index is 12.8. The Kier molecular flexibility index (Phi) is 6.52. The van der Waals surface area contributed by atoms with Crippen molar-refractivity contribution in [2.24, 2.45) is 5.16 Å². The fourth-order valence-electron chi connectivity index (χ4n) is 2.92. The SMILES string of the molecule is FC(F)(F)c1cccc(CO/N=C2\CCc3c(OCC=C(Cl)Cl)cccc32)c1. The number of halogens is 5. The Labute approximate surface area is 170 Å². The monoisotopic (exact) mass is 429 g/mol. The summed E-state index contributed by atoms with van der Waals surface area (Å²) in [7, 11) is 0. The van der Waals surface area contributed by atoms with E-state index in [1.165, 1.54) is 6.07 Å². The highest BCUT2D eigenvalue weighted by molar-refractivity contribution is 6.55. The Morgan fingerprint density at radius 1 is 1.11 bits per heavy atom. The van der Waals surface area contributed by atoms with E-state index >= 15 is 0 Å². The van der Waals surface area contributed by atoms with Gasteiger partial charge in [-0.25, -0.2) is 0 Å². The summed E-state index contributed by atoms with van der Waals surface area (Å²) in [6.45, 7) is 0.204.